The maximum absolute atomic E-state index is 5.94. The summed E-state index contributed by atoms with van der Waals surface area (Å²) in [4.78, 5) is 0. The topological polar surface area (TPSA) is 26.0 Å². The first kappa shape index (κ1) is 10.0. The van der Waals surface area contributed by atoms with Gasteiger partial charge in [0.15, 0.2) is 0 Å². The highest BCUT2D eigenvalue weighted by Gasteiger charge is 2.34. The molecule has 0 aliphatic heterocycles. The molecule has 0 saturated heterocycles. The van der Waals surface area contributed by atoms with Crippen LogP contribution < -0.4 is 5.73 Å². The van der Waals surface area contributed by atoms with Gasteiger partial charge in [0.2, 0.25) is 0 Å². The van der Waals surface area contributed by atoms with Crippen LogP contribution in [-0.4, -0.2) is 6.04 Å². The van der Waals surface area contributed by atoms with Gasteiger partial charge < -0.3 is 5.73 Å². The Morgan fingerprint density at radius 1 is 1.50 bits per heavy atom. The summed E-state index contributed by atoms with van der Waals surface area (Å²) >= 11 is 0. The molecule has 0 aromatic heterocycles. The summed E-state index contributed by atoms with van der Waals surface area (Å²) < 4.78 is 0. The van der Waals surface area contributed by atoms with Crippen LogP contribution in [0.1, 0.15) is 46.5 Å². The Morgan fingerprint density at radius 3 is 2.58 bits per heavy atom. The van der Waals surface area contributed by atoms with Crippen molar-refractivity contribution in [3.8, 4) is 0 Å². The first-order chi connectivity index (χ1) is 5.65. The fourth-order valence-corrected chi connectivity index (χ4v) is 2.18. The maximum atomic E-state index is 5.94. The van der Waals surface area contributed by atoms with Crippen molar-refractivity contribution in [2.24, 2.45) is 23.5 Å². The molecular formula is C11H23N. The Kier molecular flexibility index (Phi) is 3.57. The van der Waals surface area contributed by atoms with Gasteiger partial charge in [0.1, 0.15) is 0 Å². The van der Waals surface area contributed by atoms with Crippen molar-refractivity contribution >= 4 is 0 Å². The van der Waals surface area contributed by atoms with E-state index in [1.807, 2.05) is 0 Å². The van der Waals surface area contributed by atoms with E-state index in [4.69, 9.17) is 5.73 Å². The zero-order valence-corrected chi connectivity index (χ0v) is 8.72. The van der Waals surface area contributed by atoms with Crippen LogP contribution in [0.3, 0.4) is 0 Å². The van der Waals surface area contributed by atoms with Crippen LogP contribution in [-0.2, 0) is 0 Å². The lowest BCUT2D eigenvalue weighted by atomic mass is 9.68. The van der Waals surface area contributed by atoms with Gasteiger partial charge in [0.05, 0.1) is 0 Å². The van der Waals surface area contributed by atoms with E-state index in [-0.39, 0.29) is 0 Å². The van der Waals surface area contributed by atoms with E-state index in [0.29, 0.717) is 6.04 Å². The molecule has 4 atom stereocenters. The predicted octanol–water partition coefficient (Wildman–Crippen LogP) is 2.80. The SMILES string of the molecule is CCC(C)CCC1C(C)CC1N. The van der Waals surface area contributed by atoms with Crippen molar-refractivity contribution in [3.63, 3.8) is 0 Å². The zero-order valence-electron chi connectivity index (χ0n) is 8.72. The van der Waals surface area contributed by atoms with Gasteiger partial charge in [0.25, 0.3) is 0 Å². The largest absolute Gasteiger partial charge is 0.327 e. The smallest absolute Gasteiger partial charge is 0.00723 e. The van der Waals surface area contributed by atoms with Crippen molar-refractivity contribution in [2.45, 2.75) is 52.5 Å². The molecular weight excluding hydrogens is 146 g/mol. The summed E-state index contributed by atoms with van der Waals surface area (Å²) in [5.74, 6) is 2.62. The van der Waals surface area contributed by atoms with Crippen molar-refractivity contribution < 1.29 is 0 Å². The number of rotatable bonds is 4. The normalized spacial score (nSPS) is 37.5. The molecule has 0 radical (unpaired) electrons. The van der Waals surface area contributed by atoms with E-state index in [1.54, 1.807) is 0 Å². The lowest BCUT2D eigenvalue weighted by Gasteiger charge is -2.41. The first-order valence-electron chi connectivity index (χ1n) is 5.40. The lowest BCUT2D eigenvalue weighted by Crippen LogP contribution is -2.46. The Hall–Kier alpha value is -0.0400. The van der Waals surface area contributed by atoms with Gasteiger partial charge >= 0.3 is 0 Å². The standard InChI is InChI=1S/C11H23N/c1-4-8(2)5-6-10-9(3)7-11(10)12/h8-11H,4-7,12H2,1-3H3. The van der Waals surface area contributed by atoms with Gasteiger partial charge in [-0.3, -0.25) is 0 Å². The molecule has 1 heteroatoms. The molecule has 1 nitrogen and oxygen atoms in total. The molecule has 0 heterocycles. The summed E-state index contributed by atoms with van der Waals surface area (Å²) in [5, 5.41) is 0. The van der Waals surface area contributed by atoms with Gasteiger partial charge in [-0.05, 0) is 30.6 Å². The van der Waals surface area contributed by atoms with E-state index in [1.165, 1.54) is 25.7 Å². The van der Waals surface area contributed by atoms with Crippen LogP contribution in [0.2, 0.25) is 0 Å². The first-order valence-corrected chi connectivity index (χ1v) is 5.40. The fraction of sp³-hybridized carbons (Fsp3) is 1.00. The summed E-state index contributed by atoms with van der Waals surface area (Å²) in [7, 11) is 0. The molecule has 0 bridgehead atoms. The van der Waals surface area contributed by atoms with E-state index < -0.39 is 0 Å². The average molecular weight is 169 g/mol. The van der Waals surface area contributed by atoms with E-state index in [9.17, 15) is 0 Å². The summed E-state index contributed by atoms with van der Waals surface area (Å²) in [6, 6.07) is 0.518. The predicted molar refractivity (Wildman–Crippen MR) is 53.9 cm³/mol. The molecule has 0 spiro atoms. The van der Waals surface area contributed by atoms with Crippen molar-refractivity contribution in [2.75, 3.05) is 0 Å². The molecule has 1 aliphatic rings. The molecule has 4 unspecified atom stereocenters. The minimum Gasteiger partial charge on any atom is -0.327 e. The number of hydrogen-bond donors (Lipinski definition) is 1. The maximum Gasteiger partial charge on any atom is 0.00723 e. The molecule has 0 aromatic carbocycles. The second kappa shape index (κ2) is 4.27. The Balaban J connectivity index is 2.14. The number of nitrogens with two attached hydrogens (primary N) is 1. The monoisotopic (exact) mass is 169 g/mol. The van der Waals surface area contributed by atoms with Crippen LogP contribution >= 0.6 is 0 Å². The van der Waals surface area contributed by atoms with Gasteiger partial charge in [-0.15, -0.1) is 0 Å². The van der Waals surface area contributed by atoms with Crippen molar-refractivity contribution in [1.82, 2.24) is 0 Å². The fourth-order valence-electron chi connectivity index (χ4n) is 2.18. The highest BCUT2D eigenvalue weighted by Crippen LogP contribution is 2.37. The summed E-state index contributed by atoms with van der Waals surface area (Å²) in [5.41, 5.74) is 5.94. The van der Waals surface area contributed by atoms with Crippen molar-refractivity contribution in [3.05, 3.63) is 0 Å². The van der Waals surface area contributed by atoms with Gasteiger partial charge in [0, 0.05) is 6.04 Å². The minimum absolute atomic E-state index is 0.518. The molecule has 0 aromatic rings. The second-order valence-electron chi connectivity index (χ2n) is 4.63. The van der Waals surface area contributed by atoms with E-state index in [2.05, 4.69) is 20.8 Å². The highest BCUT2D eigenvalue weighted by atomic mass is 14.7. The van der Waals surface area contributed by atoms with E-state index in [0.717, 1.165) is 17.8 Å². The van der Waals surface area contributed by atoms with Gasteiger partial charge in [-0.1, -0.05) is 33.6 Å². The molecule has 12 heavy (non-hydrogen) atoms. The van der Waals surface area contributed by atoms with E-state index >= 15 is 0 Å². The van der Waals surface area contributed by atoms with Crippen LogP contribution in [0.5, 0.6) is 0 Å². The lowest BCUT2D eigenvalue weighted by molar-refractivity contribution is 0.133. The molecule has 1 saturated carbocycles. The van der Waals surface area contributed by atoms with Crippen molar-refractivity contribution in [1.29, 1.82) is 0 Å². The quantitative estimate of drug-likeness (QED) is 0.688. The molecule has 72 valence electrons. The third-order valence-corrected chi connectivity index (χ3v) is 3.61. The Labute approximate surface area is 76.7 Å². The molecule has 0 amide bonds. The third-order valence-electron chi connectivity index (χ3n) is 3.61. The number of hydrogen-bond acceptors (Lipinski definition) is 1. The second-order valence-corrected chi connectivity index (χ2v) is 4.63. The van der Waals surface area contributed by atoms with Crippen LogP contribution in [0.4, 0.5) is 0 Å². The van der Waals surface area contributed by atoms with Crippen LogP contribution in [0.15, 0.2) is 0 Å². The van der Waals surface area contributed by atoms with Gasteiger partial charge in [-0.25, -0.2) is 0 Å². The summed E-state index contributed by atoms with van der Waals surface area (Å²) in [6.45, 7) is 6.95. The zero-order chi connectivity index (χ0) is 9.14. The van der Waals surface area contributed by atoms with Crippen LogP contribution in [0.25, 0.3) is 0 Å². The molecule has 1 aliphatic carbocycles. The third kappa shape index (κ3) is 2.22. The average Bonchev–Trinajstić information content (AvgIpc) is 2.04. The van der Waals surface area contributed by atoms with Gasteiger partial charge in [-0.2, -0.15) is 0 Å². The van der Waals surface area contributed by atoms with Crippen LogP contribution in [0, 0.1) is 17.8 Å². The molecule has 1 rings (SSSR count). The Bertz CT molecular complexity index is 125. The summed E-state index contributed by atoms with van der Waals surface area (Å²) in [6.07, 6.45) is 5.30. The molecule has 1 fully saturated rings. The highest BCUT2D eigenvalue weighted by molar-refractivity contribution is 4.89. The molecule has 2 N–H and O–H groups in total. The minimum atomic E-state index is 0.518. The Morgan fingerprint density at radius 2 is 2.17 bits per heavy atom.